The summed E-state index contributed by atoms with van der Waals surface area (Å²) in [6.45, 7) is -0.271. The van der Waals surface area contributed by atoms with Crippen LogP contribution < -0.4 is 11.4 Å². The second-order valence-corrected chi connectivity index (χ2v) is 4.41. The molecule has 5 N–H and O–H groups in total. The average molecular weight is 267 g/mol. The number of nitrogens with one attached hydrogen (secondary N) is 1. The molecule has 0 radical (unpaired) electrons. The molecule has 0 saturated carbocycles. The lowest BCUT2D eigenvalue weighted by molar-refractivity contribution is -0.0222. The fourth-order valence-corrected chi connectivity index (χ4v) is 2.24. The summed E-state index contributed by atoms with van der Waals surface area (Å²) >= 11 is 0. The van der Waals surface area contributed by atoms with E-state index in [0.29, 0.717) is 12.0 Å². The fourth-order valence-electron chi connectivity index (χ4n) is 2.24. The van der Waals surface area contributed by atoms with Gasteiger partial charge in [-0.25, -0.2) is 4.79 Å². The number of rotatable bonds is 2. The zero-order chi connectivity index (χ0) is 13.6. The van der Waals surface area contributed by atoms with Gasteiger partial charge in [-0.05, 0) is 0 Å². The Morgan fingerprint density at radius 3 is 3.11 bits per heavy atom. The molecular formula is C10H13N5O4. The Hall–Kier alpha value is -1.97. The van der Waals surface area contributed by atoms with Gasteiger partial charge in [0, 0.05) is 12.0 Å². The van der Waals surface area contributed by atoms with E-state index in [1.807, 2.05) is 0 Å². The highest BCUT2D eigenvalue weighted by molar-refractivity contribution is 5.49. The van der Waals surface area contributed by atoms with Crippen LogP contribution in [0.15, 0.2) is 11.0 Å². The Balaban J connectivity index is 2.05. The minimum Gasteiger partial charge on any atom is -0.394 e. The molecule has 0 bridgehead atoms. The van der Waals surface area contributed by atoms with E-state index in [2.05, 4.69) is 15.1 Å². The summed E-state index contributed by atoms with van der Waals surface area (Å²) in [5, 5.41) is 22.7. The molecule has 0 aliphatic carbocycles. The Morgan fingerprint density at radius 2 is 2.42 bits per heavy atom. The Bertz CT molecular complexity index is 665. The average Bonchev–Trinajstić information content (AvgIpc) is 2.92. The lowest BCUT2D eigenvalue weighted by atomic mass is 10.1. The van der Waals surface area contributed by atoms with E-state index >= 15 is 0 Å². The number of aliphatic hydroxyl groups excluding tert-OH is 2. The molecule has 1 saturated heterocycles. The van der Waals surface area contributed by atoms with Crippen molar-refractivity contribution in [1.82, 2.24) is 19.6 Å². The van der Waals surface area contributed by atoms with Crippen molar-refractivity contribution in [3.05, 3.63) is 22.2 Å². The Labute approximate surface area is 106 Å². The van der Waals surface area contributed by atoms with Crippen molar-refractivity contribution in [3.63, 3.8) is 0 Å². The first kappa shape index (κ1) is 12.1. The number of anilines is 1. The van der Waals surface area contributed by atoms with Crippen LogP contribution in [0.5, 0.6) is 0 Å². The number of aliphatic hydroxyl groups is 2. The molecule has 1 aliphatic rings. The van der Waals surface area contributed by atoms with Gasteiger partial charge in [-0.3, -0.25) is 4.98 Å². The molecule has 2 aromatic rings. The molecule has 9 heteroatoms. The number of hydrogen-bond donors (Lipinski definition) is 4. The number of ether oxygens (including phenoxy) is 1. The van der Waals surface area contributed by atoms with Crippen LogP contribution in [-0.2, 0) is 4.74 Å². The van der Waals surface area contributed by atoms with Crippen LogP contribution in [0.4, 0.5) is 5.95 Å². The number of nitrogen functional groups attached to an aromatic ring is 1. The van der Waals surface area contributed by atoms with E-state index < -0.39 is 24.0 Å². The van der Waals surface area contributed by atoms with E-state index in [4.69, 9.17) is 15.6 Å². The quantitative estimate of drug-likeness (QED) is 0.502. The highest BCUT2D eigenvalue weighted by Gasteiger charge is 2.36. The largest absolute Gasteiger partial charge is 0.394 e. The van der Waals surface area contributed by atoms with Gasteiger partial charge in [-0.2, -0.15) is 14.6 Å². The first-order chi connectivity index (χ1) is 9.10. The van der Waals surface area contributed by atoms with Gasteiger partial charge >= 0.3 is 5.69 Å². The van der Waals surface area contributed by atoms with Gasteiger partial charge in [0.2, 0.25) is 5.95 Å². The molecule has 1 fully saturated rings. The smallest absolute Gasteiger partial charge is 0.350 e. The van der Waals surface area contributed by atoms with Crippen molar-refractivity contribution < 1.29 is 14.9 Å². The summed E-state index contributed by atoms with van der Waals surface area (Å²) in [5.74, 6) is -0.0171. The fraction of sp³-hybridized carbons (Fsp3) is 0.500. The Morgan fingerprint density at radius 1 is 1.63 bits per heavy atom. The van der Waals surface area contributed by atoms with E-state index in [1.54, 1.807) is 0 Å². The summed E-state index contributed by atoms with van der Waals surface area (Å²) in [4.78, 5) is 17.9. The van der Waals surface area contributed by atoms with Gasteiger partial charge in [0.15, 0.2) is 5.65 Å². The number of H-pyrrole nitrogens is 1. The van der Waals surface area contributed by atoms with Gasteiger partial charge in [-0.15, -0.1) is 0 Å². The lowest BCUT2D eigenvalue weighted by Gasteiger charge is -2.10. The van der Waals surface area contributed by atoms with E-state index in [1.165, 1.54) is 6.20 Å². The summed E-state index contributed by atoms with van der Waals surface area (Å²) in [7, 11) is 0. The first-order valence-electron chi connectivity index (χ1n) is 5.78. The third-order valence-corrected chi connectivity index (χ3v) is 3.18. The number of aromatic amines is 1. The second kappa shape index (κ2) is 4.30. The van der Waals surface area contributed by atoms with Crippen LogP contribution in [0.25, 0.3) is 5.65 Å². The molecule has 2 aromatic heterocycles. The van der Waals surface area contributed by atoms with Gasteiger partial charge in [0.05, 0.1) is 25.0 Å². The maximum absolute atomic E-state index is 11.6. The first-order valence-corrected chi connectivity index (χ1v) is 5.78. The second-order valence-electron chi connectivity index (χ2n) is 4.41. The highest BCUT2D eigenvalue weighted by atomic mass is 16.5. The number of nitrogens with zero attached hydrogens (tertiary/aromatic N) is 3. The minimum absolute atomic E-state index is 0.0171. The SMILES string of the molecule is Nc1nc2c(C3CC(O)C(CO)O3)cnn2c(=O)[nH]1. The number of aromatic nitrogens is 4. The van der Waals surface area contributed by atoms with Crippen LogP contribution in [0.1, 0.15) is 18.1 Å². The van der Waals surface area contributed by atoms with Crippen molar-refractivity contribution in [3.8, 4) is 0 Å². The lowest BCUT2D eigenvalue weighted by Crippen LogP contribution is -2.24. The van der Waals surface area contributed by atoms with Crippen molar-refractivity contribution >= 4 is 11.6 Å². The maximum Gasteiger partial charge on any atom is 0.350 e. The maximum atomic E-state index is 11.6. The Kier molecular flexibility index (Phi) is 2.73. The molecule has 3 unspecified atom stereocenters. The molecule has 102 valence electrons. The van der Waals surface area contributed by atoms with Gasteiger partial charge in [0.1, 0.15) is 6.10 Å². The van der Waals surface area contributed by atoms with Crippen molar-refractivity contribution in [1.29, 1.82) is 0 Å². The molecule has 0 aromatic carbocycles. The summed E-state index contributed by atoms with van der Waals surface area (Å²) in [6, 6.07) is 0. The molecule has 0 amide bonds. The van der Waals surface area contributed by atoms with Crippen LogP contribution >= 0.6 is 0 Å². The third-order valence-electron chi connectivity index (χ3n) is 3.18. The molecule has 1 aliphatic heterocycles. The summed E-state index contributed by atoms with van der Waals surface area (Å²) in [6.07, 6.45) is -0.114. The molecule has 3 heterocycles. The molecular weight excluding hydrogens is 254 g/mol. The van der Waals surface area contributed by atoms with Gasteiger partial charge in [-0.1, -0.05) is 0 Å². The number of nitrogens with two attached hydrogens (primary N) is 1. The van der Waals surface area contributed by atoms with Crippen LogP contribution in [0.3, 0.4) is 0 Å². The van der Waals surface area contributed by atoms with E-state index in [-0.39, 0.29) is 18.2 Å². The molecule has 3 atom stereocenters. The monoisotopic (exact) mass is 267 g/mol. The summed E-state index contributed by atoms with van der Waals surface area (Å²) < 4.78 is 6.59. The van der Waals surface area contributed by atoms with Crippen molar-refractivity contribution in [2.75, 3.05) is 12.3 Å². The van der Waals surface area contributed by atoms with E-state index in [0.717, 1.165) is 4.52 Å². The zero-order valence-electron chi connectivity index (χ0n) is 9.85. The topological polar surface area (TPSA) is 139 Å². The predicted molar refractivity (Wildman–Crippen MR) is 63.3 cm³/mol. The molecule has 0 spiro atoms. The molecule has 3 rings (SSSR count). The van der Waals surface area contributed by atoms with Crippen LogP contribution in [0.2, 0.25) is 0 Å². The highest BCUT2D eigenvalue weighted by Crippen LogP contribution is 2.34. The third kappa shape index (κ3) is 1.87. The molecule has 19 heavy (non-hydrogen) atoms. The van der Waals surface area contributed by atoms with Gasteiger partial charge in [0.25, 0.3) is 0 Å². The standard InChI is InChI=1S/C10H13N5O4/c11-9-13-8-4(2-12-15(8)10(18)14-9)6-1-5(17)7(3-16)19-6/h2,5-7,16-17H,1,3H2,(H3,11,13,14,18). The minimum atomic E-state index is -0.760. The predicted octanol–water partition coefficient (Wildman–Crippen LogP) is -1.82. The molecule has 9 nitrogen and oxygen atoms in total. The normalized spacial score (nSPS) is 27.2. The van der Waals surface area contributed by atoms with Crippen LogP contribution in [-0.4, -0.2) is 48.6 Å². The van der Waals surface area contributed by atoms with E-state index in [9.17, 15) is 9.90 Å². The zero-order valence-corrected chi connectivity index (χ0v) is 9.85. The van der Waals surface area contributed by atoms with Crippen molar-refractivity contribution in [2.45, 2.75) is 24.7 Å². The van der Waals surface area contributed by atoms with Crippen LogP contribution in [0, 0.1) is 0 Å². The number of fused-ring (bicyclic) bond motifs is 1. The van der Waals surface area contributed by atoms with Crippen molar-refractivity contribution in [2.24, 2.45) is 0 Å². The summed E-state index contributed by atoms with van der Waals surface area (Å²) in [5.41, 5.74) is 5.85. The number of hydrogen-bond acceptors (Lipinski definition) is 7. The van der Waals surface area contributed by atoms with Gasteiger partial charge < -0.3 is 20.7 Å².